The number of likely N-dealkylation sites (N-methyl/N-ethyl adjacent to an activating group) is 2. The van der Waals surface area contributed by atoms with Crippen molar-refractivity contribution in [3.05, 3.63) is 116 Å². The number of hydrogen-bond donors (Lipinski definition) is 5. The molecule has 15 heteroatoms. The highest BCUT2D eigenvalue weighted by molar-refractivity contribution is 5.77. The molecule has 0 bridgehead atoms. The highest BCUT2D eigenvalue weighted by Crippen LogP contribution is 2.47. The highest BCUT2D eigenvalue weighted by atomic mass is 16.5. The molecule has 2 aliphatic rings. The SMILES string of the molecule is COc1cc2c(cc1OC)C(c1cc(CO)c(OC)c(OC)c1)[N+](C)(CCCOC(=O)CCC(=O)OCCC[N+]1(C)CCc3cc(CO)c(CO)cc3C1Cc1ccc(CO)c(CO)c1)CC2. The zero-order chi connectivity index (χ0) is 48.3. The summed E-state index contributed by atoms with van der Waals surface area (Å²) in [5.74, 6) is 1.31. The molecular formula is C52H70N2O13+2. The maximum atomic E-state index is 12.9. The molecule has 6 rings (SSSR count). The van der Waals surface area contributed by atoms with Crippen molar-refractivity contribution in [2.45, 2.75) is 90.1 Å². The normalized spacial score (nSPS) is 19.8. The van der Waals surface area contributed by atoms with Crippen molar-refractivity contribution in [3.63, 3.8) is 0 Å². The average molecular weight is 931 g/mol. The van der Waals surface area contributed by atoms with Crippen LogP contribution in [0, 0.1) is 0 Å². The number of carbonyl (C=O) groups excluding carboxylic acids is 2. The minimum atomic E-state index is -0.472. The van der Waals surface area contributed by atoms with Crippen molar-refractivity contribution < 1.29 is 72.5 Å². The molecule has 0 saturated carbocycles. The summed E-state index contributed by atoms with van der Waals surface area (Å²) < 4.78 is 35.2. The van der Waals surface area contributed by atoms with Crippen LogP contribution in [0.5, 0.6) is 23.0 Å². The van der Waals surface area contributed by atoms with Gasteiger partial charge < -0.3 is 62.9 Å². The van der Waals surface area contributed by atoms with Crippen molar-refractivity contribution in [3.8, 4) is 23.0 Å². The first-order valence-corrected chi connectivity index (χ1v) is 23.1. The van der Waals surface area contributed by atoms with E-state index in [1.54, 1.807) is 28.4 Å². The van der Waals surface area contributed by atoms with Gasteiger partial charge in [-0.1, -0.05) is 24.3 Å². The van der Waals surface area contributed by atoms with Crippen molar-refractivity contribution in [1.82, 2.24) is 0 Å². The summed E-state index contributed by atoms with van der Waals surface area (Å²) >= 11 is 0. The standard InChI is InChI=1S/C52H70N2O13/c1-53(17-13-35-23-40(31-57)41(32-58)25-43(35)45(53)22-34-9-10-37(29-55)39(21-34)30-56)15-7-19-66-49(60)11-12-50(61)67-20-8-16-54(2)18-14-36-26-46(62-3)47(63-4)28-44(36)51(54)38-24-42(33-59)52(65-6)48(27-38)64-5/h9-10,21,23-28,45,51,55-59H,7-8,11-20,22,29-33H2,1-6H3/q+2. The van der Waals surface area contributed by atoms with Crippen LogP contribution in [0.25, 0.3) is 0 Å². The maximum absolute atomic E-state index is 12.9. The number of ether oxygens (including phenoxy) is 6. The zero-order valence-corrected chi connectivity index (χ0v) is 40.0. The summed E-state index contributed by atoms with van der Waals surface area (Å²) in [4.78, 5) is 25.8. The molecule has 0 spiro atoms. The zero-order valence-electron chi connectivity index (χ0n) is 40.0. The topological polar surface area (TPSA) is 191 Å². The second-order valence-corrected chi connectivity index (χ2v) is 18.2. The summed E-state index contributed by atoms with van der Waals surface area (Å²) in [7, 11) is 10.7. The molecule has 67 heavy (non-hydrogen) atoms. The molecule has 5 N–H and O–H groups in total. The van der Waals surface area contributed by atoms with Crippen molar-refractivity contribution >= 4 is 11.9 Å². The van der Waals surface area contributed by atoms with Gasteiger partial charge in [-0.2, -0.15) is 0 Å². The first-order valence-electron chi connectivity index (χ1n) is 23.1. The van der Waals surface area contributed by atoms with Gasteiger partial charge in [-0.05, 0) is 69.3 Å². The molecule has 4 aromatic carbocycles. The molecule has 0 aliphatic carbocycles. The lowest BCUT2D eigenvalue weighted by Crippen LogP contribution is -2.52. The minimum Gasteiger partial charge on any atom is -0.493 e. The summed E-state index contributed by atoms with van der Waals surface area (Å²) in [5.41, 5.74) is 9.70. The molecule has 0 aromatic heterocycles. The van der Waals surface area contributed by atoms with Gasteiger partial charge in [0.15, 0.2) is 23.0 Å². The van der Waals surface area contributed by atoms with E-state index in [4.69, 9.17) is 28.4 Å². The Morgan fingerprint density at radius 2 is 1.10 bits per heavy atom. The molecule has 0 amide bonds. The van der Waals surface area contributed by atoms with Gasteiger partial charge in [-0.25, -0.2) is 0 Å². The Morgan fingerprint density at radius 1 is 0.567 bits per heavy atom. The van der Waals surface area contributed by atoms with E-state index in [1.807, 2.05) is 54.6 Å². The van der Waals surface area contributed by atoms with Crippen molar-refractivity contribution in [2.24, 2.45) is 0 Å². The average Bonchev–Trinajstić information content (AvgIpc) is 3.35. The maximum Gasteiger partial charge on any atom is 0.306 e. The molecule has 15 nitrogen and oxygen atoms in total. The predicted molar refractivity (Wildman–Crippen MR) is 250 cm³/mol. The second-order valence-electron chi connectivity index (χ2n) is 18.2. The van der Waals surface area contributed by atoms with E-state index in [9.17, 15) is 35.1 Å². The number of aliphatic hydroxyl groups excluding tert-OH is 5. The van der Waals surface area contributed by atoms with E-state index in [-0.39, 0.29) is 71.2 Å². The van der Waals surface area contributed by atoms with Gasteiger partial charge in [0.05, 0.1) is 128 Å². The van der Waals surface area contributed by atoms with Crippen LogP contribution in [-0.2, 0) is 71.4 Å². The number of benzene rings is 4. The lowest BCUT2D eigenvalue weighted by molar-refractivity contribution is -0.941. The van der Waals surface area contributed by atoms with Gasteiger partial charge in [0.25, 0.3) is 0 Å². The highest BCUT2D eigenvalue weighted by Gasteiger charge is 2.42. The Bertz CT molecular complexity index is 2330. The lowest BCUT2D eigenvalue weighted by Gasteiger charge is -2.46. The van der Waals surface area contributed by atoms with Crippen LogP contribution in [0.1, 0.15) is 99.0 Å². The number of fused-ring (bicyclic) bond motifs is 2. The van der Waals surface area contributed by atoms with Gasteiger partial charge in [0.2, 0.25) is 0 Å². The van der Waals surface area contributed by atoms with Crippen LogP contribution in [-0.4, -0.2) is 128 Å². The predicted octanol–water partition coefficient (Wildman–Crippen LogP) is 4.91. The fourth-order valence-electron chi connectivity index (χ4n) is 10.3. The third kappa shape index (κ3) is 11.5. The van der Waals surface area contributed by atoms with E-state index in [2.05, 4.69) is 14.1 Å². The number of esters is 2. The fraction of sp³-hybridized carbons (Fsp3) is 0.500. The molecule has 4 atom stereocenters. The van der Waals surface area contributed by atoms with Crippen LogP contribution in [0.3, 0.4) is 0 Å². The summed E-state index contributed by atoms with van der Waals surface area (Å²) in [6.45, 7) is 2.35. The number of aliphatic hydroxyl groups is 5. The first kappa shape index (κ1) is 51.1. The van der Waals surface area contributed by atoms with E-state index in [0.29, 0.717) is 92.1 Å². The van der Waals surface area contributed by atoms with Gasteiger partial charge in [-0.3, -0.25) is 9.59 Å². The third-order valence-corrected chi connectivity index (χ3v) is 14.1. The van der Waals surface area contributed by atoms with Crippen LogP contribution >= 0.6 is 0 Å². The number of hydrogen-bond acceptors (Lipinski definition) is 13. The number of rotatable bonds is 23. The van der Waals surface area contributed by atoms with Crippen LogP contribution < -0.4 is 18.9 Å². The first-order chi connectivity index (χ1) is 32.3. The number of quaternary nitrogens is 2. The van der Waals surface area contributed by atoms with Gasteiger partial charge in [0, 0.05) is 54.4 Å². The molecule has 0 fully saturated rings. The smallest absolute Gasteiger partial charge is 0.306 e. The third-order valence-electron chi connectivity index (χ3n) is 14.1. The summed E-state index contributed by atoms with van der Waals surface area (Å²) in [5, 5.41) is 50.3. The Kier molecular flexibility index (Phi) is 17.7. The largest absolute Gasteiger partial charge is 0.493 e. The molecule has 4 aromatic rings. The van der Waals surface area contributed by atoms with Crippen molar-refractivity contribution in [1.29, 1.82) is 0 Å². The van der Waals surface area contributed by atoms with Crippen molar-refractivity contribution in [2.75, 3.05) is 81.9 Å². The Hall–Kier alpha value is -5.26. The van der Waals surface area contributed by atoms with E-state index in [0.717, 1.165) is 59.3 Å². The Morgan fingerprint density at radius 3 is 1.69 bits per heavy atom. The van der Waals surface area contributed by atoms with Crippen LogP contribution in [0.2, 0.25) is 0 Å². The molecule has 4 unspecified atom stereocenters. The van der Waals surface area contributed by atoms with Gasteiger partial charge >= 0.3 is 11.9 Å². The Labute approximate surface area is 394 Å². The molecule has 2 aliphatic heterocycles. The van der Waals surface area contributed by atoms with Gasteiger partial charge in [-0.15, -0.1) is 0 Å². The van der Waals surface area contributed by atoms with E-state index in [1.165, 1.54) is 0 Å². The molecule has 0 radical (unpaired) electrons. The quantitative estimate of drug-likeness (QED) is 0.0384. The molecular weight excluding hydrogens is 861 g/mol. The number of nitrogens with zero attached hydrogens (tertiary/aromatic N) is 2. The Balaban J connectivity index is 1.04. The molecule has 0 saturated heterocycles. The molecule has 2 heterocycles. The van der Waals surface area contributed by atoms with E-state index >= 15 is 0 Å². The molecule has 364 valence electrons. The number of methoxy groups -OCH3 is 4. The van der Waals surface area contributed by atoms with E-state index < -0.39 is 11.9 Å². The fourth-order valence-corrected chi connectivity index (χ4v) is 10.3. The van der Waals surface area contributed by atoms with Crippen LogP contribution in [0.15, 0.2) is 54.6 Å². The minimum absolute atomic E-state index is 0.0299. The summed E-state index contributed by atoms with van der Waals surface area (Å²) in [6.07, 6.45) is 3.14. The number of carbonyl (C=O) groups is 2. The monoisotopic (exact) mass is 930 g/mol. The van der Waals surface area contributed by atoms with Crippen LogP contribution in [0.4, 0.5) is 0 Å². The second kappa shape index (κ2) is 23.2. The lowest BCUT2D eigenvalue weighted by atomic mass is 9.83. The van der Waals surface area contributed by atoms with Gasteiger partial charge in [0.1, 0.15) is 12.1 Å². The summed E-state index contributed by atoms with van der Waals surface area (Å²) in [6, 6.07) is 17.5.